The number of hydrogen-bond acceptors (Lipinski definition) is 5. The van der Waals surface area contributed by atoms with Gasteiger partial charge in [-0.05, 0) is 18.2 Å². The maximum absolute atomic E-state index is 12.7. The monoisotopic (exact) mass is 409 g/mol. The van der Waals surface area contributed by atoms with Gasteiger partial charge in [0.1, 0.15) is 0 Å². The molecule has 8 nitrogen and oxygen atoms in total. The number of rotatable bonds is 4. The highest BCUT2D eigenvalue weighted by atomic mass is 35.5. The van der Waals surface area contributed by atoms with Gasteiger partial charge in [-0.3, -0.25) is 14.9 Å². The van der Waals surface area contributed by atoms with E-state index in [4.69, 9.17) is 11.6 Å². The van der Waals surface area contributed by atoms with E-state index in [-0.39, 0.29) is 42.7 Å². The third-order valence-electron chi connectivity index (χ3n) is 4.30. The Labute approximate surface area is 161 Å². The zero-order valence-electron chi connectivity index (χ0n) is 14.1. The van der Waals surface area contributed by atoms with Crippen LogP contribution < -0.4 is 0 Å². The normalized spacial score (nSPS) is 15.5. The number of halogens is 1. The van der Waals surface area contributed by atoms with Crippen molar-refractivity contribution in [1.29, 1.82) is 0 Å². The van der Waals surface area contributed by atoms with Gasteiger partial charge < -0.3 is 4.90 Å². The SMILES string of the molecule is O=C(c1ccccc1Cl)N1CCN(S(=O)(=O)c2cccc([N+](=O)[O-])c2)CC1. The van der Waals surface area contributed by atoms with Crippen LogP contribution in [0.1, 0.15) is 10.4 Å². The number of nitrogens with zero attached hydrogens (tertiary/aromatic N) is 3. The van der Waals surface area contributed by atoms with Crippen LogP contribution in [0.2, 0.25) is 5.02 Å². The van der Waals surface area contributed by atoms with E-state index in [0.29, 0.717) is 10.6 Å². The standard InChI is InChI=1S/C17H16ClN3O5S/c18-16-7-2-1-6-15(16)17(22)19-8-10-20(11-9-19)27(25,26)14-5-3-4-13(12-14)21(23)24/h1-7,12H,8-11H2. The highest BCUT2D eigenvalue weighted by Crippen LogP contribution is 2.23. The van der Waals surface area contributed by atoms with Crippen LogP contribution in [-0.4, -0.2) is 54.6 Å². The van der Waals surface area contributed by atoms with Gasteiger partial charge in [0.05, 0.1) is 20.4 Å². The van der Waals surface area contributed by atoms with Gasteiger partial charge in [-0.25, -0.2) is 8.42 Å². The highest BCUT2D eigenvalue weighted by molar-refractivity contribution is 7.89. The molecule has 0 bridgehead atoms. The molecule has 2 aromatic rings. The van der Waals surface area contributed by atoms with Gasteiger partial charge in [0.25, 0.3) is 11.6 Å². The number of hydrogen-bond donors (Lipinski definition) is 0. The Bertz CT molecular complexity index is 988. The molecule has 0 unspecified atom stereocenters. The van der Waals surface area contributed by atoms with Crippen molar-refractivity contribution in [3.05, 3.63) is 69.2 Å². The fourth-order valence-corrected chi connectivity index (χ4v) is 4.52. The highest BCUT2D eigenvalue weighted by Gasteiger charge is 2.31. The van der Waals surface area contributed by atoms with Crippen molar-refractivity contribution >= 4 is 33.2 Å². The molecule has 1 saturated heterocycles. The molecule has 1 aliphatic rings. The van der Waals surface area contributed by atoms with Crippen molar-refractivity contribution in [2.75, 3.05) is 26.2 Å². The Morgan fingerprint density at radius 2 is 1.70 bits per heavy atom. The summed E-state index contributed by atoms with van der Waals surface area (Å²) < 4.78 is 26.7. The summed E-state index contributed by atoms with van der Waals surface area (Å²) in [5.41, 5.74) is 0.0813. The summed E-state index contributed by atoms with van der Waals surface area (Å²) in [4.78, 5) is 24.2. The van der Waals surface area contributed by atoms with Crippen LogP contribution in [0.5, 0.6) is 0 Å². The molecular formula is C17H16ClN3O5S. The quantitative estimate of drug-likeness (QED) is 0.570. The van der Waals surface area contributed by atoms with Gasteiger partial charge in [0, 0.05) is 38.3 Å². The molecule has 1 amide bonds. The number of piperazine rings is 1. The van der Waals surface area contributed by atoms with Crippen LogP contribution in [0.3, 0.4) is 0 Å². The van der Waals surface area contributed by atoms with E-state index < -0.39 is 14.9 Å². The molecule has 0 aliphatic carbocycles. The lowest BCUT2D eigenvalue weighted by molar-refractivity contribution is -0.385. The second kappa shape index (κ2) is 7.63. The van der Waals surface area contributed by atoms with E-state index in [1.807, 2.05) is 0 Å². The summed E-state index contributed by atoms with van der Waals surface area (Å²) in [6, 6.07) is 11.6. The van der Waals surface area contributed by atoms with Gasteiger partial charge in [0.15, 0.2) is 0 Å². The number of nitro groups is 1. The first-order valence-electron chi connectivity index (χ1n) is 8.09. The van der Waals surface area contributed by atoms with Gasteiger partial charge in [-0.1, -0.05) is 29.8 Å². The van der Waals surface area contributed by atoms with Crippen molar-refractivity contribution in [1.82, 2.24) is 9.21 Å². The summed E-state index contributed by atoms with van der Waals surface area (Å²) in [6.45, 7) is 0.610. The third kappa shape index (κ3) is 3.95. The number of non-ortho nitro benzene ring substituents is 1. The van der Waals surface area contributed by atoms with Crippen LogP contribution in [0.4, 0.5) is 5.69 Å². The first kappa shape index (κ1) is 19.3. The summed E-state index contributed by atoms with van der Waals surface area (Å²) in [6.07, 6.45) is 0. The number of sulfonamides is 1. The molecule has 27 heavy (non-hydrogen) atoms. The zero-order valence-corrected chi connectivity index (χ0v) is 15.7. The first-order valence-corrected chi connectivity index (χ1v) is 9.91. The molecular weight excluding hydrogens is 394 g/mol. The topological polar surface area (TPSA) is 101 Å². The van der Waals surface area contributed by atoms with Crippen molar-refractivity contribution < 1.29 is 18.1 Å². The summed E-state index contributed by atoms with van der Waals surface area (Å²) in [5.74, 6) is -0.256. The predicted octanol–water partition coefficient (Wildman–Crippen LogP) is 2.39. The van der Waals surface area contributed by atoms with Crippen molar-refractivity contribution in [3.8, 4) is 0 Å². The Morgan fingerprint density at radius 1 is 1.04 bits per heavy atom. The van der Waals surface area contributed by atoms with E-state index in [2.05, 4.69) is 0 Å². The van der Waals surface area contributed by atoms with E-state index in [9.17, 15) is 23.3 Å². The van der Waals surface area contributed by atoms with E-state index in [0.717, 1.165) is 6.07 Å². The fraction of sp³-hybridized carbons (Fsp3) is 0.235. The molecule has 142 valence electrons. The Kier molecular flexibility index (Phi) is 5.45. The first-order chi connectivity index (χ1) is 12.8. The maximum Gasteiger partial charge on any atom is 0.270 e. The molecule has 0 aromatic heterocycles. The molecule has 10 heteroatoms. The molecule has 0 atom stereocenters. The second-order valence-corrected chi connectivity index (χ2v) is 8.28. The van der Waals surface area contributed by atoms with Crippen LogP contribution in [0, 0.1) is 10.1 Å². The minimum absolute atomic E-state index is 0.0984. The molecule has 1 aliphatic heterocycles. The molecule has 3 rings (SSSR count). The number of carbonyl (C=O) groups excluding carboxylic acids is 1. The van der Waals surface area contributed by atoms with Crippen LogP contribution in [0.25, 0.3) is 0 Å². The Morgan fingerprint density at radius 3 is 2.33 bits per heavy atom. The third-order valence-corrected chi connectivity index (χ3v) is 6.52. The van der Waals surface area contributed by atoms with Gasteiger partial charge in [-0.2, -0.15) is 4.31 Å². The van der Waals surface area contributed by atoms with Crippen molar-refractivity contribution in [2.45, 2.75) is 4.90 Å². The Hall–Kier alpha value is -2.49. The second-order valence-electron chi connectivity index (χ2n) is 5.93. The largest absolute Gasteiger partial charge is 0.336 e. The lowest BCUT2D eigenvalue weighted by atomic mass is 10.2. The molecule has 0 N–H and O–H groups in total. The van der Waals surface area contributed by atoms with E-state index >= 15 is 0 Å². The van der Waals surface area contributed by atoms with E-state index in [1.54, 1.807) is 29.2 Å². The van der Waals surface area contributed by atoms with Gasteiger partial charge >= 0.3 is 0 Å². The van der Waals surface area contributed by atoms with Gasteiger partial charge in [0.2, 0.25) is 10.0 Å². The molecule has 2 aromatic carbocycles. The van der Waals surface area contributed by atoms with Crippen LogP contribution in [-0.2, 0) is 10.0 Å². The average Bonchev–Trinajstić information content (AvgIpc) is 2.68. The minimum Gasteiger partial charge on any atom is -0.336 e. The predicted molar refractivity (Wildman–Crippen MR) is 99.2 cm³/mol. The summed E-state index contributed by atoms with van der Waals surface area (Å²) in [5, 5.41) is 11.2. The number of nitro benzene ring substituents is 1. The molecule has 1 heterocycles. The maximum atomic E-state index is 12.7. The lowest BCUT2D eigenvalue weighted by Gasteiger charge is -2.34. The summed E-state index contributed by atoms with van der Waals surface area (Å²) in [7, 11) is -3.88. The van der Waals surface area contributed by atoms with Crippen LogP contribution in [0.15, 0.2) is 53.4 Å². The minimum atomic E-state index is -3.88. The van der Waals surface area contributed by atoms with E-state index in [1.165, 1.54) is 22.5 Å². The number of amides is 1. The number of carbonyl (C=O) groups is 1. The zero-order chi connectivity index (χ0) is 19.6. The lowest BCUT2D eigenvalue weighted by Crippen LogP contribution is -2.50. The average molecular weight is 410 g/mol. The Balaban J connectivity index is 1.73. The molecule has 0 saturated carbocycles. The summed E-state index contributed by atoms with van der Waals surface area (Å²) >= 11 is 6.05. The number of benzene rings is 2. The van der Waals surface area contributed by atoms with Crippen molar-refractivity contribution in [2.24, 2.45) is 0 Å². The molecule has 1 fully saturated rings. The van der Waals surface area contributed by atoms with Gasteiger partial charge in [-0.15, -0.1) is 0 Å². The molecule has 0 spiro atoms. The fourth-order valence-electron chi connectivity index (χ4n) is 2.84. The van der Waals surface area contributed by atoms with Crippen molar-refractivity contribution in [3.63, 3.8) is 0 Å². The molecule has 0 radical (unpaired) electrons. The smallest absolute Gasteiger partial charge is 0.270 e. The van der Waals surface area contributed by atoms with Crippen LogP contribution >= 0.6 is 11.6 Å².